The second kappa shape index (κ2) is 7.73. The molecule has 0 radical (unpaired) electrons. The molecule has 144 valence electrons. The molecule has 4 nitrogen and oxygen atoms in total. The van der Waals surface area contributed by atoms with Crippen LogP contribution in [-0.2, 0) is 11.3 Å². The number of alkyl carbamates (subject to hydrolysis) is 1. The summed E-state index contributed by atoms with van der Waals surface area (Å²) < 4.78 is 5.57. The zero-order valence-electron chi connectivity index (χ0n) is 16.2. The maximum absolute atomic E-state index is 12.3. The number of amides is 1. The predicted molar refractivity (Wildman–Crippen MR) is 115 cm³/mol. The van der Waals surface area contributed by atoms with Gasteiger partial charge in [-0.1, -0.05) is 54.5 Å². The zero-order chi connectivity index (χ0) is 20.4. The number of rotatable bonds is 4. The second-order valence-corrected chi connectivity index (χ2v) is 7.17. The summed E-state index contributed by atoms with van der Waals surface area (Å²) in [6.45, 7) is 2.50. The van der Waals surface area contributed by atoms with E-state index < -0.39 is 6.09 Å². The number of fused-ring (bicyclic) bond motifs is 3. The van der Waals surface area contributed by atoms with Crippen LogP contribution in [-0.4, -0.2) is 12.7 Å². The number of hydrogen-bond acceptors (Lipinski definition) is 3. The molecular formula is C25H22N2O2. The summed E-state index contributed by atoms with van der Waals surface area (Å²) in [4.78, 5) is 12.3. The smallest absolute Gasteiger partial charge is 0.407 e. The number of benzene rings is 3. The van der Waals surface area contributed by atoms with Crippen molar-refractivity contribution in [1.82, 2.24) is 5.32 Å². The fraction of sp³-hybridized carbons (Fsp3) is 0.160. The van der Waals surface area contributed by atoms with Crippen LogP contribution in [0.15, 0.2) is 60.7 Å². The molecule has 3 aromatic carbocycles. The van der Waals surface area contributed by atoms with Crippen LogP contribution in [0.2, 0.25) is 0 Å². The van der Waals surface area contributed by atoms with Crippen LogP contribution in [0, 0.1) is 19.3 Å². The fourth-order valence-corrected chi connectivity index (χ4v) is 3.88. The Morgan fingerprint density at radius 3 is 2.34 bits per heavy atom. The normalized spacial score (nSPS) is 12.0. The van der Waals surface area contributed by atoms with Gasteiger partial charge in [0.1, 0.15) is 6.61 Å². The van der Waals surface area contributed by atoms with E-state index in [-0.39, 0.29) is 12.5 Å². The van der Waals surface area contributed by atoms with Crippen LogP contribution in [0.1, 0.15) is 33.7 Å². The largest absolute Gasteiger partial charge is 0.449 e. The van der Waals surface area contributed by atoms with Gasteiger partial charge in [0.15, 0.2) is 0 Å². The van der Waals surface area contributed by atoms with Crippen LogP contribution < -0.4 is 11.1 Å². The van der Waals surface area contributed by atoms with Crippen LogP contribution >= 0.6 is 0 Å². The van der Waals surface area contributed by atoms with E-state index in [1.54, 1.807) is 6.07 Å². The van der Waals surface area contributed by atoms with Crippen molar-refractivity contribution in [2.24, 2.45) is 0 Å². The monoisotopic (exact) mass is 382 g/mol. The van der Waals surface area contributed by atoms with Crippen molar-refractivity contribution in [2.75, 3.05) is 12.3 Å². The van der Waals surface area contributed by atoms with Crippen molar-refractivity contribution in [3.63, 3.8) is 0 Å². The van der Waals surface area contributed by atoms with E-state index in [0.717, 1.165) is 11.1 Å². The average Bonchev–Trinajstić information content (AvgIpc) is 3.07. The van der Waals surface area contributed by atoms with Crippen LogP contribution in [0.4, 0.5) is 10.5 Å². The molecule has 0 fully saturated rings. The third-order valence-electron chi connectivity index (χ3n) is 5.49. The molecule has 3 N–H and O–H groups in total. The molecule has 0 saturated heterocycles. The SMILES string of the molecule is C#Cc1cc(N)c(C)c(CNC(=O)OCC2c3ccccc3-c3ccccc32)c1. The molecule has 0 aliphatic heterocycles. The molecule has 0 atom stereocenters. The van der Waals surface area contributed by atoms with Gasteiger partial charge < -0.3 is 15.8 Å². The molecule has 0 aromatic heterocycles. The van der Waals surface area contributed by atoms with Gasteiger partial charge in [0.05, 0.1) is 0 Å². The highest BCUT2D eigenvalue weighted by atomic mass is 16.5. The second-order valence-electron chi connectivity index (χ2n) is 7.17. The van der Waals surface area contributed by atoms with E-state index in [0.29, 0.717) is 17.8 Å². The van der Waals surface area contributed by atoms with Crippen LogP contribution in [0.3, 0.4) is 0 Å². The lowest BCUT2D eigenvalue weighted by molar-refractivity contribution is 0.142. The third kappa shape index (κ3) is 3.55. The zero-order valence-corrected chi connectivity index (χ0v) is 16.2. The van der Waals surface area contributed by atoms with Crippen molar-refractivity contribution in [2.45, 2.75) is 19.4 Å². The number of terminal acetylenes is 1. The Bertz CT molecular complexity index is 1080. The maximum Gasteiger partial charge on any atom is 0.407 e. The summed E-state index contributed by atoms with van der Waals surface area (Å²) in [5.41, 5.74) is 13.9. The Kier molecular flexibility index (Phi) is 4.97. The molecule has 29 heavy (non-hydrogen) atoms. The number of ether oxygens (including phenoxy) is 1. The van der Waals surface area contributed by atoms with Gasteiger partial charge in [-0.05, 0) is 52.4 Å². The molecule has 1 aliphatic rings. The van der Waals surface area contributed by atoms with Crippen molar-refractivity contribution >= 4 is 11.8 Å². The number of carbonyl (C=O) groups excluding carboxylic acids is 1. The minimum absolute atomic E-state index is 0.0373. The summed E-state index contributed by atoms with van der Waals surface area (Å²) in [7, 11) is 0. The minimum Gasteiger partial charge on any atom is -0.449 e. The summed E-state index contributed by atoms with van der Waals surface area (Å²) in [5, 5.41) is 2.80. The first-order valence-corrected chi connectivity index (χ1v) is 9.53. The van der Waals surface area contributed by atoms with E-state index in [4.69, 9.17) is 16.9 Å². The molecule has 1 amide bonds. The van der Waals surface area contributed by atoms with E-state index in [9.17, 15) is 4.79 Å². The van der Waals surface area contributed by atoms with Gasteiger partial charge in [-0.3, -0.25) is 0 Å². The quantitative estimate of drug-likeness (QED) is 0.512. The molecule has 4 heteroatoms. The molecule has 0 heterocycles. The number of anilines is 1. The lowest BCUT2D eigenvalue weighted by atomic mass is 9.98. The Morgan fingerprint density at radius 1 is 1.10 bits per heavy atom. The van der Waals surface area contributed by atoms with E-state index in [1.807, 2.05) is 37.3 Å². The van der Waals surface area contributed by atoms with E-state index in [2.05, 4.69) is 35.5 Å². The third-order valence-corrected chi connectivity index (χ3v) is 5.49. The van der Waals surface area contributed by atoms with Gasteiger partial charge in [-0.25, -0.2) is 4.79 Å². The van der Waals surface area contributed by atoms with Gasteiger partial charge >= 0.3 is 6.09 Å². The Balaban J connectivity index is 1.44. The summed E-state index contributed by atoms with van der Waals surface area (Å²) >= 11 is 0. The number of nitrogens with two attached hydrogens (primary N) is 1. The fourth-order valence-electron chi connectivity index (χ4n) is 3.88. The highest BCUT2D eigenvalue weighted by Gasteiger charge is 2.28. The van der Waals surface area contributed by atoms with Crippen molar-refractivity contribution in [3.8, 4) is 23.5 Å². The first-order valence-electron chi connectivity index (χ1n) is 9.53. The Hall–Kier alpha value is -3.71. The van der Waals surface area contributed by atoms with E-state index in [1.165, 1.54) is 22.3 Å². The van der Waals surface area contributed by atoms with E-state index >= 15 is 0 Å². The van der Waals surface area contributed by atoms with Crippen molar-refractivity contribution < 1.29 is 9.53 Å². The van der Waals surface area contributed by atoms with Gasteiger partial charge in [-0.15, -0.1) is 6.42 Å². The average molecular weight is 382 g/mol. The standard InChI is InChI=1S/C25H22N2O2/c1-3-17-12-18(16(2)24(26)13-17)14-27-25(28)29-15-23-21-10-6-4-8-19(21)20-9-5-7-11-22(20)23/h1,4-13,23H,14-15,26H2,2H3,(H,27,28). The van der Waals surface area contributed by atoms with Gasteiger partial charge in [0.2, 0.25) is 0 Å². The van der Waals surface area contributed by atoms with Gasteiger partial charge in [0, 0.05) is 23.7 Å². The minimum atomic E-state index is -0.462. The highest BCUT2D eigenvalue weighted by Crippen LogP contribution is 2.44. The number of nitrogens with one attached hydrogen (secondary N) is 1. The Morgan fingerprint density at radius 2 is 1.72 bits per heavy atom. The van der Waals surface area contributed by atoms with Crippen LogP contribution in [0.5, 0.6) is 0 Å². The van der Waals surface area contributed by atoms with Gasteiger partial charge in [0.25, 0.3) is 0 Å². The molecule has 3 aromatic rings. The van der Waals surface area contributed by atoms with Gasteiger partial charge in [-0.2, -0.15) is 0 Å². The van der Waals surface area contributed by atoms with Crippen LogP contribution in [0.25, 0.3) is 11.1 Å². The Labute approximate surface area is 170 Å². The summed E-state index contributed by atoms with van der Waals surface area (Å²) in [6, 6.07) is 20.1. The maximum atomic E-state index is 12.3. The number of carbonyl (C=O) groups is 1. The van der Waals surface area contributed by atoms with Crippen molar-refractivity contribution in [1.29, 1.82) is 0 Å². The number of hydrogen-bond donors (Lipinski definition) is 2. The molecule has 0 saturated carbocycles. The molecule has 0 bridgehead atoms. The molecule has 0 spiro atoms. The molecule has 4 rings (SSSR count). The number of nitrogen functional groups attached to an aromatic ring is 1. The summed E-state index contributed by atoms with van der Waals surface area (Å²) in [5.74, 6) is 2.62. The lowest BCUT2D eigenvalue weighted by Crippen LogP contribution is -2.26. The lowest BCUT2D eigenvalue weighted by Gasteiger charge is -2.15. The predicted octanol–water partition coefficient (Wildman–Crippen LogP) is 4.60. The first-order chi connectivity index (χ1) is 14.1. The molecule has 1 aliphatic carbocycles. The first kappa shape index (κ1) is 18.6. The summed E-state index contributed by atoms with van der Waals surface area (Å²) in [6.07, 6.45) is 5.01. The molecule has 0 unspecified atom stereocenters. The topological polar surface area (TPSA) is 64.3 Å². The molecular weight excluding hydrogens is 360 g/mol. The van der Waals surface area contributed by atoms with Crippen molar-refractivity contribution in [3.05, 3.63) is 88.5 Å². The highest BCUT2D eigenvalue weighted by molar-refractivity contribution is 5.79.